The molecule has 4 nitrogen and oxygen atoms in total. The number of nitrogens with two attached hydrogens (primary N) is 1. The van der Waals surface area contributed by atoms with Crippen molar-refractivity contribution in [2.24, 2.45) is 11.7 Å². The second-order valence-corrected chi connectivity index (χ2v) is 4.48. The topological polar surface area (TPSA) is 61.5 Å². The van der Waals surface area contributed by atoms with Crippen LogP contribution in [0, 0.1) is 5.92 Å². The van der Waals surface area contributed by atoms with Crippen LogP contribution in [0.4, 0.5) is 0 Å². The SMILES string of the molecule is COCCCCOC(=O)C1CCC(N)CC1. The fourth-order valence-corrected chi connectivity index (χ4v) is 1.99. The third-order valence-electron chi connectivity index (χ3n) is 3.09. The van der Waals surface area contributed by atoms with Crippen LogP contribution in [0.2, 0.25) is 0 Å². The van der Waals surface area contributed by atoms with Gasteiger partial charge >= 0.3 is 5.97 Å². The summed E-state index contributed by atoms with van der Waals surface area (Å²) in [5.41, 5.74) is 5.79. The minimum atomic E-state index is -0.0377. The molecule has 0 saturated heterocycles. The summed E-state index contributed by atoms with van der Waals surface area (Å²) < 4.78 is 10.2. The predicted octanol–water partition coefficient (Wildman–Crippen LogP) is 1.47. The molecule has 16 heavy (non-hydrogen) atoms. The first-order chi connectivity index (χ1) is 7.74. The van der Waals surface area contributed by atoms with Crippen molar-refractivity contribution in [3.8, 4) is 0 Å². The highest BCUT2D eigenvalue weighted by Gasteiger charge is 2.25. The lowest BCUT2D eigenvalue weighted by Crippen LogP contribution is -2.30. The number of esters is 1. The third-order valence-corrected chi connectivity index (χ3v) is 3.09. The molecule has 0 bridgehead atoms. The quantitative estimate of drug-likeness (QED) is 0.553. The molecule has 0 aliphatic heterocycles. The lowest BCUT2D eigenvalue weighted by molar-refractivity contribution is -0.149. The minimum absolute atomic E-state index is 0.0377. The lowest BCUT2D eigenvalue weighted by atomic mass is 9.86. The highest BCUT2D eigenvalue weighted by molar-refractivity contribution is 5.72. The molecule has 0 aromatic heterocycles. The molecule has 4 heteroatoms. The van der Waals surface area contributed by atoms with E-state index in [1.54, 1.807) is 7.11 Å². The van der Waals surface area contributed by atoms with Crippen LogP contribution >= 0.6 is 0 Å². The van der Waals surface area contributed by atoms with Gasteiger partial charge in [0, 0.05) is 19.8 Å². The Hall–Kier alpha value is -0.610. The standard InChI is InChI=1S/C12H23NO3/c1-15-8-2-3-9-16-12(14)10-4-6-11(13)7-5-10/h10-11H,2-9,13H2,1H3. The average Bonchev–Trinajstić information content (AvgIpc) is 2.29. The Labute approximate surface area is 97.5 Å². The van der Waals surface area contributed by atoms with E-state index in [0.29, 0.717) is 6.61 Å². The molecular weight excluding hydrogens is 206 g/mol. The molecule has 0 aromatic carbocycles. The van der Waals surface area contributed by atoms with Crippen molar-refractivity contribution in [1.29, 1.82) is 0 Å². The van der Waals surface area contributed by atoms with Gasteiger partial charge in [-0.15, -0.1) is 0 Å². The first-order valence-electron chi connectivity index (χ1n) is 6.15. The molecule has 1 aliphatic rings. The molecule has 1 rings (SSSR count). The molecule has 1 saturated carbocycles. The van der Waals surface area contributed by atoms with Gasteiger partial charge in [0.05, 0.1) is 12.5 Å². The maximum atomic E-state index is 11.6. The van der Waals surface area contributed by atoms with Gasteiger partial charge in [-0.1, -0.05) is 0 Å². The molecule has 0 radical (unpaired) electrons. The molecule has 0 amide bonds. The van der Waals surface area contributed by atoms with E-state index in [1.165, 1.54) is 0 Å². The summed E-state index contributed by atoms with van der Waals surface area (Å²) in [5.74, 6) is 0.0477. The van der Waals surface area contributed by atoms with Gasteiger partial charge in [-0.05, 0) is 38.5 Å². The van der Waals surface area contributed by atoms with Crippen LogP contribution in [0.1, 0.15) is 38.5 Å². The van der Waals surface area contributed by atoms with Gasteiger partial charge in [0.2, 0.25) is 0 Å². The van der Waals surface area contributed by atoms with Crippen LogP contribution in [-0.4, -0.2) is 32.3 Å². The fourth-order valence-electron chi connectivity index (χ4n) is 1.99. The zero-order valence-corrected chi connectivity index (χ0v) is 10.1. The molecule has 0 heterocycles. The van der Waals surface area contributed by atoms with Gasteiger partial charge in [0.25, 0.3) is 0 Å². The van der Waals surface area contributed by atoms with Gasteiger partial charge < -0.3 is 15.2 Å². The van der Waals surface area contributed by atoms with E-state index in [9.17, 15) is 4.79 Å². The van der Waals surface area contributed by atoms with Crippen molar-refractivity contribution in [3.63, 3.8) is 0 Å². The summed E-state index contributed by atoms with van der Waals surface area (Å²) in [4.78, 5) is 11.6. The number of ether oxygens (including phenoxy) is 2. The number of rotatable bonds is 6. The van der Waals surface area contributed by atoms with Crippen LogP contribution < -0.4 is 5.73 Å². The number of unbranched alkanes of at least 4 members (excludes halogenated alkanes) is 1. The van der Waals surface area contributed by atoms with E-state index in [-0.39, 0.29) is 17.9 Å². The summed E-state index contributed by atoms with van der Waals surface area (Å²) in [7, 11) is 1.68. The van der Waals surface area contributed by atoms with Gasteiger partial charge in [-0.2, -0.15) is 0 Å². The molecule has 0 atom stereocenters. The van der Waals surface area contributed by atoms with E-state index in [0.717, 1.165) is 45.1 Å². The Kier molecular flexibility index (Phi) is 6.42. The summed E-state index contributed by atoms with van der Waals surface area (Å²) in [6, 6.07) is 0.283. The van der Waals surface area contributed by atoms with Crippen molar-refractivity contribution >= 4 is 5.97 Å². The zero-order valence-electron chi connectivity index (χ0n) is 10.1. The molecule has 1 aliphatic carbocycles. The lowest BCUT2D eigenvalue weighted by Gasteiger charge is -2.24. The van der Waals surface area contributed by atoms with Crippen molar-refractivity contribution in [1.82, 2.24) is 0 Å². The summed E-state index contributed by atoms with van der Waals surface area (Å²) in [6.07, 6.45) is 5.49. The summed E-state index contributed by atoms with van der Waals surface area (Å²) in [5, 5.41) is 0. The first-order valence-corrected chi connectivity index (χ1v) is 6.15. The third kappa shape index (κ3) is 4.94. The van der Waals surface area contributed by atoms with Crippen LogP contribution in [-0.2, 0) is 14.3 Å². The number of hydrogen-bond acceptors (Lipinski definition) is 4. The van der Waals surface area contributed by atoms with Gasteiger partial charge in [0.15, 0.2) is 0 Å². The Morgan fingerprint density at radius 1 is 1.19 bits per heavy atom. The van der Waals surface area contributed by atoms with Crippen molar-refractivity contribution in [2.45, 2.75) is 44.6 Å². The Balaban J connectivity index is 2.06. The highest BCUT2D eigenvalue weighted by atomic mass is 16.5. The van der Waals surface area contributed by atoms with E-state index < -0.39 is 0 Å². The second kappa shape index (κ2) is 7.63. The smallest absolute Gasteiger partial charge is 0.308 e. The van der Waals surface area contributed by atoms with E-state index in [4.69, 9.17) is 15.2 Å². The molecule has 2 N–H and O–H groups in total. The van der Waals surface area contributed by atoms with Crippen LogP contribution in [0.5, 0.6) is 0 Å². The molecular formula is C12H23NO3. The largest absolute Gasteiger partial charge is 0.465 e. The Morgan fingerprint density at radius 2 is 1.81 bits per heavy atom. The van der Waals surface area contributed by atoms with Crippen LogP contribution in [0.25, 0.3) is 0 Å². The number of carbonyl (C=O) groups is 1. The summed E-state index contributed by atoms with van der Waals surface area (Å²) >= 11 is 0. The van der Waals surface area contributed by atoms with Gasteiger partial charge in [-0.3, -0.25) is 4.79 Å². The van der Waals surface area contributed by atoms with E-state index in [2.05, 4.69) is 0 Å². The van der Waals surface area contributed by atoms with Crippen LogP contribution in [0.3, 0.4) is 0 Å². The van der Waals surface area contributed by atoms with Crippen LogP contribution in [0.15, 0.2) is 0 Å². The molecule has 0 aromatic rings. The Morgan fingerprint density at radius 3 is 2.44 bits per heavy atom. The fraction of sp³-hybridized carbons (Fsp3) is 0.917. The zero-order chi connectivity index (χ0) is 11.8. The number of carbonyl (C=O) groups excluding carboxylic acids is 1. The maximum Gasteiger partial charge on any atom is 0.308 e. The summed E-state index contributed by atoms with van der Waals surface area (Å²) in [6.45, 7) is 1.25. The first kappa shape index (κ1) is 13.5. The second-order valence-electron chi connectivity index (χ2n) is 4.48. The van der Waals surface area contributed by atoms with Crippen molar-refractivity contribution < 1.29 is 14.3 Å². The number of hydrogen-bond donors (Lipinski definition) is 1. The van der Waals surface area contributed by atoms with Gasteiger partial charge in [-0.25, -0.2) is 0 Å². The molecule has 1 fully saturated rings. The van der Waals surface area contributed by atoms with E-state index >= 15 is 0 Å². The maximum absolute atomic E-state index is 11.6. The van der Waals surface area contributed by atoms with Gasteiger partial charge in [0.1, 0.15) is 0 Å². The minimum Gasteiger partial charge on any atom is -0.465 e. The predicted molar refractivity (Wildman–Crippen MR) is 62.0 cm³/mol. The monoisotopic (exact) mass is 229 g/mol. The molecule has 94 valence electrons. The van der Waals surface area contributed by atoms with Crippen molar-refractivity contribution in [2.75, 3.05) is 20.3 Å². The highest BCUT2D eigenvalue weighted by Crippen LogP contribution is 2.24. The number of methoxy groups -OCH3 is 1. The van der Waals surface area contributed by atoms with E-state index in [1.807, 2.05) is 0 Å². The molecule has 0 unspecified atom stereocenters. The average molecular weight is 229 g/mol. The van der Waals surface area contributed by atoms with Crippen molar-refractivity contribution in [3.05, 3.63) is 0 Å². The molecule has 0 spiro atoms. The Bertz CT molecular complexity index is 200. The normalized spacial score (nSPS) is 25.4.